The minimum absolute atomic E-state index is 0.319. The van der Waals surface area contributed by atoms with Crippen LogP contribution in [-0.4, -0.2) is 34.1 Å². The topological polar surface area (TPSA) is 47.1 Å². The Hall–Kier alpha value is -0.870. The quantitative estimate of drug-likeness (QED) is 0.784. The van der Waals surface area contributed by atoms with Gasteiger partial charge >= 0.3 is 0 Å². The molecule has 2 rings (SSSR count). The molecular formula is C15H28N4. The fraction of sp³-hybridized carbons (Fsp3) is 0.800. The highest BCUT2D eigenvalue weighted by molar-refractivity contribution is 5.07. The van der Waals surface area contributed by atoms with Crippen molar-refractivity contribution < 1.29 is 0 Å². The van der Waals surface area contributed by atoms with Crippen LogP contribution < -0.4 is 5.73 Å². The van der Waals surface area contributed by atoms with E-state index in [2.05, 4.69) is 28.3 Å². The van der Waals surface area contributed by atoms with Crippen LogP contribution in [0.5, 0.6) is 0 Å². The van der Waals surface area contributed by atoms with Crippen LogP contribution in [0.2, 0.25) is 0 Å². The van der Waals surface area contributed by atoms with Crippen molar-refractivity contribution in [1.29, 1.82) is 0 Å². The average molecular weight is 264 g/mol. The van der Waals surface area contributed by atoms with Crippen LogP contribution in [0.1, 0.15) is 51.3 Å². The number of hydrogen-bond acceptors (Lipinski definition) is 3. The van der Waals surface area contributed by atoms with E-state index in [1.807, 2.05) is 12.5 Å². The Morgan fingerprint density at radius 3 is 2.79 bits per heavy atom. The van der Waals surface area contributed by atoms with Gasteiger partial charge in [0.1, 0.15) is 0 Å². The minimum Gasteiger partial charge on any atom is -0.333 e. The zero-order valence-corrected chi connectivity index (χ0v) is 12.4. The van der Waals surface area contributed by atoms with E-state index in [-0.39, 0.29) is 0 Å². The number of imidazole rings is 1. The molecule has 1 aromatic rings. The van der Waals surface area contributed by atoms with Gasteiger partial charge in [0.15, 0.2) is 0 Å². The Kier molecular flexibility index (Phi) is 5.40. The number of aromatic nitrogens is 2. The second-order valence-electron chi connectivity index (χ2n) is 5.65. The van der Waals surface area contributed by atoms with Crippen molar-refractivity contribution in [3.05, 3.63) is 18.2 Å². The molecule has 0 saturated heterocycles. The summed E-state index contributed by atoms with van der Waals surface area (Å²) in [5.41, 5.74) is 7.34. The number of nitrogens with zero attached hydrogens (tertiary/aromatic N) is 3. The minimum atomic E-state index is 0.319. The van der Waals surface area contributed by atoms with Gasteiger partial charge in [0.05, 0.1) is 18.1 Å². The maximum absolute atomic E-state index is 6.06. The molecule has 1 unspecified atom stereocenters. The molecule has 1 saturated carbocycles. The highest BCUT2D eigenvalue weighted by Gasteiger charge is 2.26. The lowest BCUT2D eigenvalue weighted by molar-refractivity contribution is 0.137. The molecule has 1 aliphatic rings. The summed E-state index contributed by atoms with van der Waals surface area (Å²) in [6.07, 6.45) is 9.26. The largest absolute Gasteiger partial charge is 0.333 e. The molecule has 0 amide bonds. The smallest absolute Gasteiger partial charge is 0.0948 e. The number of hydrogen-bond donors (Lipinski definition) is 1. The van der Waals surface area contributed by atoms with Crippen molar-refractivity contribution in [2.75, 3.05) is 19.6 Å². The molecule has 1 atom stereocenters. The standard InChI is InChI=1S/C15H28N4/c1-3-8-19-12-17-10-15(19)14(9-16)18(4-2)11-13-6-5-7-13/h10,12-14H,3-9,11,16H2,1-2H3. The Labute approximate surface area is 117 Å². The lowest BCUT2D eigenvalue weighted by Gasteiger charge is -2.36. The van der Waals surface area contributed by atoms with Gasteiger partial charge in [-0.05, 0) is 31.7 Å². The van der Waals surface area contributed by atoms with Crippen LogP contribution in [0, 0.1) is 5.92 Å². The monoisotopic (exact) mass is 264 g/mol. The first kappa shape index (κ1) is 14.5. The highest BCUT2D eigenvalue weighted by Crippen LogP contribution is 2.30. The molecule has 1 fully saturated rings. The predicted molar refractivity (Wildman–Crippen MR) is 78.9 cm³/mol. The zero-order chi connectivity index (χ0) is 13.7. The van der Waals surface area contributed by atoms with Crippen LogP contribution >= 0.6 is 0 Å². The predicted octanol–water partition coefficient (Wildman–Crippen LogP) is 2.41. The molecule has 4 heteroatoms. The molecule has 0 bridgehead atoms. The fourth-order valence-corrected chi connectivity index (χ4v) is 2.98. The molecule has 1 aromatic heterocycles. The normalized spacial score (nSPS) is 17.7. The van der Waals surface area contributed by atoms with Crippen molar-refractivity contribution in [2.45, 2.75) is 52.1 Å². The molecule has 2 N–H and O–H groups in total. The molecule has 1 heterocycles. The first-order valence-electron chi connectivity index (χ1n) is 7.74. The molecule has 4 nitrogen and oxygen atoms in total. The van der Waals surface area contributed by atoms with Gasteiger partial charge in [-0.2, -0.15) is 0 Å². The summed E-state index contributed by atoms with van der Waals surface area (Å²) in [5, 5.41) is 0. The molecule has 0 spiro atoms. The van der Waals surface area contributed by atoms with Crippen LogP contribution in [-0.2, 0) is 6.54 Å². The van der Waals surface area contributed by atoms with E-state index in [0.717, 1.165) is 25.4 Å². The third-order valence-electron chi connectivity index (χ3n) is 4.34. The number of rotatable bonds is 8. The third-order valence-corrected chi connectivity index (χ3v) is 4.34. The summed E-state index contributed by atoms with van der Waals surface area (Å²) in [7, 11) is 0. The molecule has 108 valence electrons. The van der Waals surface area contributed by atoms with E-state index >= 15 is 0 Å². The Morgan fingerprint density at radius 1 is 1.47 bits per heavy atom. The lowest BCUT2D eigenvalue weighted by Crippen LogP contribution is -2.39. The van der Waals surface area contributed by atoms with Crippen LogP contribution in [0.3, 0.4) is 0 Å². The Morgan fingerprint density at radius 2 is 2.26 bits per heavy atom. The SMILES string of the molecule is CCCn1cncc1C(CN)N(CC)CC1CCC1. The van der Waals surface area contributed by atoms with E-state index in [0.29, 0.717) is 12.6 Å². The molecule has 0 radical (unpaired) electrons. The van der Waals surface area contributed by atoms with E-state index < -0.39 is 0 Å². The van der Waals surface area contributed by atoms with E-state index in [4.69, 9.17) is 5.73 Å². The summed E-state index contributed by atoms with van der Waals surface area (Å²) in [5.74, 6) is 0.886. The first-order chi connectivity index (χ1) is 9.30. The van der Waals surface area contributed by atoms with Gasteiger partial charge in [0.2, 0.25) is 0 Å². The highest BCUT2D eigenvalue weighted by atomic mass is 15.2. The van der Waals surface area contributed by atoms with Crippen LogP contribution in [0.25, 0.3) is 0 Å². The molecule has 0 aliphatic heterocycles. The maximum Gasteiger partial charge on any atom is 0.0948 e. The maximum atomic E-state index is 6.06. The average Bonchev–Trinajstić information content (AvgIpc) is 2.81. The third kappa shape index (κ3) is 3.37. The lowest BCUT2D eigenvalue weighted by atomic mass is 9.84. The number of nitrogens with two attached hydrogens (primary N) is 1. The second kappa shape index (κ2) is 7.06. The molecule has 19 heavy (non-hydrogen) atoms. The van der Waals surface area contributed by atoms with Crippen molar-refractivity contribution >= 4 is 0 Å². The number of likely N-dealkylation sites (N-methyl/N-ethyl adjacent to an activating group) is 1. The molecular weight excluding hydrogens is 236 g/mol. The van der Waals surface area contributed by atoms with Gasteiger partial charge in [-0.3, -0.25) is 4.90 Å². The van der Waals surface area contributed by atoms with E-state index in [1.54, 1.807) is 0 Å². The Balaban J connectivity index is 2.08. The zero-order valence-electron chi connectivity index (χ0n) is 12.4. The number of aryl methyl sites for hydroxylation is 1. The summed E-state index contributed by atoms with van der Waals surface area (Å²) in [4.78, 5) is 6.86. The van der Waals surface area contributed by atoms with Crippen molar-refractivity contribution in [3.8, 4) is 0 Å². The summed E-state index contributed by atoms with van der Waals surface area (Å²) in [6.45, 7) is 8.41. The van der Waals surface area contributed by atoms with Crippen LogP contribution in [0.4, 0.5) is 0 Å². The van der Waals surface area contributed by atoms with Gasteiger partial charge in [0, 0.05) is 25.8 Å². The van der Waals surface area contributed by atoms with Crippen molar-refractivity contribution in [3.63, 3.8) is 0 Å². The van der Waals surface area contributed by atoms with Crippen molar-refractivity contribution in [2.24, 2.45) is 11.7 Å². The summed E-state index contributed by atoms with van der Waals surface area (Å²) < 4.78 is 2.26. The molecule has 0 aromatic carbocycles. The molecule has 1 aliphatic carbocycles. The van der Waals surface area contributed by atoms with Gasteiger partial charge in [0.25, 0.3) is 0 Å². The van der Waals surface area contributed by atoms with E-state index in [1.165, 1.54) is 31.5 Å². The second-order valence-corrected chi connectivity index (χ2v) is 5.65. The summed E-state index contributed by atoms with van der Waals surface area (Å²) >= 11 is 0. The Bertz CT molecular complexity index is 370. The fourth-order valence-electron chi connectivity index (χ4n) is 2.98. The van der Waals surface area contributed by atoms with Gasteiger partial charge < -0.3 is 10.3 Å². The van der Waals surface area contributed by atoms with Crippen LogP contribution in [0.15, 0.2) is 12.5 Å². The van der Waals surface area contributed by atoms with E-state index in [9.17, 15) is 0 Å². The summed E-state index contributed by atoms with van der Waals surface area (Å²) in [6, 6.07) is 0.319. The van der Waals surface area contributed by atoms with Gasteiger partial charge in [-0.25, -0.2) is 4.98 Å². The first-order valence-corrected chi connectivity index (χ1v) is 7.74. The van der Waals surface area contributed by atoms with Gasteiger partial charge in [-0.1, -0.05) is 20.3 Å². The van der Waals surface area contributed by atoms with Gasteiger partial charge in [-0.15, -0.1) is 0 Å². The van der Waals surface area contributed by atoms with Crippen molar-refractivity contribution in [1.82, 2.24) is 14.5 Å².